The molecule has 0 atom stereocenters. The zero-order valence-corrected chi connectivity index (χ0v) is 12.7. The third-order valence-corrected chi connectivity index (χ3v) is 5.82. The van der Waals surface area contributed by atoms with E-state index in [-0.39, 0.29) is 30.3 Å². The molecule has 1 heterocycles. The summed E-state index contributed by atoms with van der Waals surface area (Å²) in [7, 11) is -3.21. The number of benzene rings is 1. The number of carbonyl (C=O) groups excluding carboxylic acids is 1. The van der Waals surface area contributed by atoms with Crippen LogP contribution in [0, 0.1) is 17.6 Å². The summed E-state index contributed by atoms with van der Waals surface area (Å²) in [5.41, 5.74) is 0.0219. The number of rotatable bonds is 4. The topological polar surface area (TPSA) is 54.5 Å². The molecule has 1 aliphatic heterocycles. The van der Waals surface area contributed by atoms with Gasteiger partial charge in [-0.15, -0.1) is 0 Å². The number of amides is 1. The Hall–Kier alpha value is -1.50. The molecule has 0 aliphatic carbocycles. The first-order valence-electron chi connectivity index (χ1n) is 6.66. The van der Waals surface area contributed by atoms with Crippen molar-refractivity contribution in [3.63, 3.8) is 0 Å². The Balaban J connectivity index is 2.01. The zero-order chi connectivity index (χ0) is 15.8. The molecule has 0 radical (unpaired) electrons. The maximum absolute atomic E-state index is 13.1. The molecule has 1 amide bonds. The fourth-order valence-electron chi connectivity index (χ4n) is 2.24. The van der Waals surface area contributed by atoms with Gasteiger partial charge >= 0.3 is 0 Å². The van der Waals surface area contributed by atoms with Crippen molar-refractivity contribution in [2.24, 2.45) is 5.92 Å². The molecular formula is C14H17F2NO3S. The number of carbonyl (C=O) groups is 1. The quantitative estimate of drug-likeness (QED) is 0.852. The van der Waals surface area contributed by atoms with Crippen LogP contribution in [0.5, 0.6) is 0 Å². The Bertz CT molecular complexity index is 652. The van der Waals surface area contributed by atoms with Gasteiger partial charge in [0.1, 0.15) is 0 Å². The van der Waals surface area contributed by atoms with Crippen LogP contribution in [0.4, 0.5) is 8.78 Å². The number of hydrogen-bond donors (Lipinski definition) is 0. The highest BCUT2D eigenvalue weighted by Gasteiger charge is 2.40. The molecule has 4 nitrogen and oxygen atoms in total. The van der Waals surface area contributed by atoms with E-state index >= 15 is 0 Å². The fraction of sp³-hybridized carbons (Fsp3) is 0.500. The Morgan fingerprint density at radius 1 is 1.29 bits per heavy atom. The molecule has 0 spiro atoms. The molecule has 7 heteroatoms. The van der Waals surface area contributed by atoms with Gasteiger partial charge in [0.2, 0.25) is 0 Å². The average molecular weight is 317 g/mol. The van der Waals surface area contributed by atoms with Crippen molar-refractivity contribution >= 4 is 15.7 Å². The lowest BCUT2D eigenvalue weighted by Crippen LogP contribution is -2.57. The predicted molar refractivity (Wildman–Crippen MR) is 74.7 cm³/mol. The highest BCUT2D eigenvalue weighted by Crippen LogP contribution is 2.22. The van der Waals surface area contributed by atoms with E-state index in [1.165, 1.54) is 11.0 Å². The van der Waals surface area contributed by atoms with Gasteiger partial charge < -0.3 is 4.90 Å². The lowest BCUT2D eigenvalue weighted by molar-refractivity contribution is 0.0658. The Morgan fingerprint density at radius 2 is 1.90 bits per heavy atom. The van der Waals surface area contributed by atoms with Crippen LogP contribution in [0.3, 0.4) is 0 Å². The van der Waals surface area contributed by atoms with E-state index in [1.54, 1.807) is 0 Å². The summed E-state index contributed by atoms with van der Waals surface area (Å²) >= 11 is 0. The summed E-state index contributed by atoms with van der Waals surface area (Å²) in [5.74, 6) is -2.47. The molecule has 1 fully saturated rings. The Labute approximate surface area is 122 Å². The van der Waals surface area contributed by atoms with E-state index in [0.29, 0.717) is 0 Å². The maximum Gasteiger partial charge on any atom is 0.254 e. The van der Waals surface area contributed by atoms with E-state index in [2.05, 4.69) is 0 Å². The first kappa shape index (κ1) is 15.9. The SMILES string of the molecule is CC(C)CS(=O)(=O)C1CN(C(=O)c2ccc(F)c(F)c2)C1. The first-order valence-corrected chi connectivity index (χ1v) is 8.38. The molecule has 1 aromatic rings. The van der Waals surface area contributed by atoms with Gasteiger partial charge in [0.05, 0.1) is 11.0 Å². The highest BCUT2D eigenvalue weighted by atomic mass is 32.2. The van der Waals surface area contributed by atoms with Crippen molar-refractivity contribution in [3.05, 3.63) is 35.4 Å². The van der Waals surface area contributed by atoms with E-state index < -0.39 is 32.6 Å². The van der Waals surface area contributed by atoms with Gasteiger partial charge in [0.25, 0.3) is 5.91 Å². The van der Waals surface area contributed by atoms with Gasteiger partial charge in [-0.2, -0.15) is 0 Å². The summed E-state index contributed by atoms with van der Waals surface area (Å²) in [6, 6.07) is 2.90. The van der Waals surface area contributed by atoms with Crippen LogP contribution in [0.2, 0.25) is 0 Å². The normalized spacial score (nSPS) is 16.1. The van der Waals surface area contributed by atoms with Crippen LogP contribution in [0.1, 0.15) is 24.2 Å². The molecule has 0 aromatic heterocycles. The second kappa shape index (κ2) is 5.71. The highest BCUT2D eigenvalue weighted by molar-refractivity contribution is 7.92. The van der Waals surface area contributed by atoms with Crippen LogP contribution in [0.25, 0.3) is 0 Å². The van der Waals surface area contributed by atoms with Crippen molar-refractivity contribution in [3.8, 4) is 0 Å². The minimum absolute atomic E-state index is 0.0219. The molecule has 116 valence electrons. The first-order chi connectivity index (χ1) is 9.70. The molecule has 1 saturated heterocycles. The van der Waals surface area contributed by atoms with Crippen LogP contribution >= 0.6 is 0 Å². The average Bonchev–Trinajstić information content (AvgIpc) is 2.28. The van der Waals surface area contributed by atoms with E-state index in [9.17, 15) is 22.0 Å². The van der Waals surface area contributed by atoms with Crippen molar-refractivity contribution in [1.82, 2.24) is 4.90 Å². The van der Waals surface area contributed by atoms with Gasteiger partial charge in [0, 0.05) is 18.7 Å². The molecular weight excluding hydrogens is 300 g/mol. The van der Waals surface area contributed by atoms with E-state index in [0.717, 1.165) is 12.1 Å². The Kier molecular flexibility index (Phi) is 4.32. The smallest absolute Gasteiger partial charge is 0.254 e. The molecule has 0 unspecified atom stereocenters. The van der Waals surface area contributed by atoms with E-state index in [4.69, 9.17) is 0 Å². The predicted octanol–water partition coefficient (Wildman–Crippen LogP) is 1.86. The monoisotopic (exact) mass is 317 g/mol. The third-order valence-electron chi connectivity index (χ3n) is 3.38. The fourth-order valence-corrected chi connectivity index (χ4v) is 4.26. The van der Waals surface area contributed by atoms with Gasteiger partial charge in [-0.25, -0.2) is 17.2 Å². The van der Waals surface area contributed by atoms with Gasteiger partial charge in [0.15, 0.2) is 21.5 Å². The number of halogens is 2. The molecule has 1 aromatic carbocycles. The molecule has 21 heavy (non-hydrogen) atoms. The zero-order valence-electron chi connectivity index (χ0n) is 11.8. The van der Waals surface area contributed by atoms with Gasteiger partial charge in [-0.05, 0) is 24.1 Å². The summed E-state index contributed by atoms with van der Waals surface area (Å²) in [6.45, 7) is 3.85. The molecule has 2 rings (SSSR count). The molecule has 0 saturated carbocycles. The molecule has 0 N–H and O–H groups in total. The van der Waals surface area contributed by atoms with Crippen molar-refractivity contribution < 1.29 is 22.0 Å². The van der Waals surface area contributed by atoms with Crippen LogP contribution < -0.4 is 0 Å². The summed E-state index contributed by atoms with van der Waals surface area (Å²) in [6.07, 6.45) is 0. The van der Waals surface area contributed by atoms with Crippen molar-refractivity contribution in [2.45, 2.75) is 19.1 Å². The minimum atomic E-state index is -3.21. The molecule has 0 bridgehead atoms. The maximum atomic E-state index is 13.1. The second-order valence-electron chi connectivity index (χ2n) is 5.68. The summed E-state index contributed by atoms with van der Waals surface area (Å²) in [4.78, 5) is 13.4. The number of hydrogen-bond acceptors (Lipinski definition) is 3. The van der Waals surface area contributed by atoms with Gasteiger partial charge in [-0.1, -0.05) is 13.8 Å². The standard InChI is InChI=1S/C14H17F2NO3S/c1-9(2)8-21(19,20)11-6-17(7-11)14(18)10-3-4-12(15)13(16)5-10/h3-5,9,11H,6-8H2,1-2H3. The van der Waals surface area contributed by atoms with Crippen LogP contribution in [-0.2, 0) is 9.84 Å². The van der Waals surface area contributed by atoms with Crippen molar-refractivity contribution in [2.75, 3.05) is 18.8 Å². The lowest BCUT2D eigenvalue weighted by atomic mass is 10.1. The number of likely N-dealkylation sites (tertiary alicyclic amines) is 1. The van der Waals surface area contributed by atoms with Crippen molar-refractivity contribution in [1.29, 1.82) is 0 Å². The third kappa shape index (κ3) is 3.40. The Morgan fingerprint density at radius 3 is 2.43 bits per heavy atom. The summed E-state index contributed by atoms with van der Waals surface area (Å²) < 4.78 is 49.9. The van der Waals surface area contributed by atoms with Gasteiger partial charge in [-0.3, -0.25) is 4.79 Å². The van der Waals surface area contributed by atoms with E-state index in [1.807, 2.05) is 13.8 Å². The minimum Gasteiger partial charge on any atom is -0.336 e. The summed E-state index contributed by atoms with van der Waals surface area (Å²) in [5, 5.41) is -0.561. The number of nitrogens with zero attached hydrogens (tertiary/aromatic N) is 1. The van der Waals surface area contributed by atoms with Crippen LogP contribution in [0.15, 0.2) is 18.2 Å². The largest absolute Gasteiger partial charge is 0.336 e. The molecule has 1 aliphatic rings. The van der Waals surface area contributed by atoms with Crippen LogP contribution in [-0.4, -0.2) is 43.3 Å². The second-order valence-corrected chi connectivity index (χ2v) is 8.01. The number of sulfone groups is 1. The lowest BCUT2D eigenvalue weighted by Gasteiger charge is -2.39.